The Morgan fingerprint density at radius 3 is 2.80 bits per heavy atom. The van der Waals surface area contributed by atoms with Crippen molar-refractivity contribution in [2.45, 2.75) is 38.6 Å². The van der Waals surface area contributed by atoms with Crippen molar-refractivity contribution in [1.29, 1.82) is 0 Å². The molecule has 1 aliphatic carbocycles. The van der Waals surface area contributed by atoms with Crippen LogP contribution in [0.4, 0.5) is 5.82 Å². The Hall–Kier alpha value is -2.14. The highest BCUT2D eigenvalue weighted by Gasteiger charge is 2.36. The molecule has 0 radical (unpaired) electrons. The molecular formula is C19H21ClN4O. The molecule has 1 unspecified atom stereocenters. The molecule has 1 aromatic heterocycles. The number of nitrogens with zero attached hydrogens (tertiary/aromatic N) is 3. The first-order valence-electron chi connectivity index (χ1n) is 8.62. The van der Waals surface area contributed by atoms with Gasteiger partial charge in [0.2, 0.25) is 0 Å². The molecule has 0 saturated carbocycles. The van der Waals surface area contributed by atoms with Gasteiger partial charge in [0.1, 0.15) is 17.3 Å². The number of fused-ring (bicyclic) bond motifs is 1. The Labute approximate surface area is 152 Å². The van der Waals surface area contributed by atoms with Crippen LogP contribution < -0.4 is 10.2 Å². The second kappa shape index (κ2) is 5.99. The standard InChI is InChI=1S/C19H21ClN4O/c1-12-16(20)21-11-22-17(12)24-8-7-19(2,10-24)23-18(25)15-6-4-13-3-5-14(13)9-15/h4,6,9,11H,3,5,7-8,10H2,1-2H3,(H,23,25). The molecule has 2 heterocycles. The minimum atomic E-state index is -0.288. The average molecular weight is 357 g/mol. The zero-order chi connectivity index (χ0) is 17.6. The van der Waals surface area contributed by atoms with Gasteiger partial charge < -0.3 is 10.2 Å². The number of rotatable bonds is 3. The predicted octanol–water partition coefficient (Wildman–Crippen LogP) is 2.94. The Kier molecular flexibility index (Phi) is 3.91. The van der Waals surface area contributed by atoms with E-state index in [2.05, 4.69) is 33.2 Å². The summed E-state index contributed by atoms with van der Waals surface area (Å²) in [7, 11) is 0. The number of hydrogen-bond donors (Lipinski definition) is 1. The molecule has 1 N–H and O–H groups in total. The molecular weight excluding hydrogens is 336 g/mol. The monoisotopic (exact) mass is 356 g/mol. The first-order chi connectivity index (χ1) is 12.0. The zero-order valence-electron chi connectivity index (χ0n) is 14.5. The SMILES string of the molecule is Cc1c(Cl)ncnc1N1CCC(C)(NC(=O)c2ccc3c(c2)CC3)C1. The number of halogens is 1. The van der Waals surface area contributed by atoms with E-state index in [9.17, 15) is 4.79 Å². The molecule has 0 spiro atoms. The third kappa shape index (κ3) is 2.97. The molecule has 1 atom stereocenters. The van der Waals surface area contributed by atoms with Crippen LogP contribution in [0.1, 0.15) is 40.4 Å². The molecule has 2 aliphatic rings. The van der Waals surface area contributed by atoms with Gasteiger partial charge in [-0.1, -0.05) is 17.7 Å². The Morgan fingerprint density at radius 2 is 2.08 bits per heavy atom. The Morgan fingerprint density at radius 1 is 1.28 bits per heavy atom. The molecule has 1 aromatic carbocycles. The highest BCUT2D eigenvalue weighted by Crippen LogP contribution is 2.30. The number of aromatic nitrogens is 2. The summed E-state index contributed by atoms with van der Waals surface area (Å²) >= 11 is 6.11. The van der Waals surface area contributed by atoms with Gasteiger partial charge in [-0.15, -0.1) is 0 Å². The van der Waals surface area contributed by atoms with E-state index in [1.165, 1.54) is 17.5 Å². The van der Waals surface area contributed by atoms with Crippen molar-refractivity contribution >= 4 is 23.3 Å². The first-order valence-corrected chi connectivity index (χ1v) is 8.99. The normalized spacial score (nSPS) is 21.6. The number of benzene rings is 1. The lowest BCUT2D eigenvalue weighted by Crippen LogP contribution is -2.48. The van der Waals surface area contributed by atoms with Gasteiger partial charge in [0.15, 0.2) is 0 Å². The molecule has 4 rings (SSSR count). The number of amides is 1. The van der Waals surface area contributed by atoms with E-state index in [4.69, 9.17) is 11.6 Å². The molecule has 1 saturated heterocycles. The van der Waals surface area contributed by atoms with E-state index >= 15 is 0 Å². The van der Waals surface area contributed by atoms with Crippen LogP contribution in [0, 0.1) is 6.92 Å². The van der Waals surface area contributed by atoms with Crippen molar-refractivity contribution in [1.82, 2.24) is 15.3 Å². The molecule has 1 fully saturated rings. The van der Waals surface area contributed by atoms with E-state index in [1.54, 1.807) is 0 Å². The van der Waals surface area contributed by atoms with E-state index < -0.39 is 0 Å². The van der Waals surface area contributed by atoms with E-state index in [0.717, 1.165) is 42.8 Å². The van der Waals surface area contributed by atoms with Gasteiger partial charge in [-0.25, -0.2) is 9.97 Å². The molecule has 130 valence electrons. The van der Waals surface area contributed by atoms with Crippen molar-refractivity contribution in [3.05, 3.63) is 51.9 Å². The number of carbonyl (C=O) groups is 1. The lowest BCUT2D eigenvalue weighted by Gasteiger charge is -2.27. The maximum atomic E-state index is 12.7. The van der Waals surface area contributed by atoms with Crippen molar-refractivity contribution in [2.75, 3.05) is 18.0 Å². The third-order valence-electron chi connectivity index (χ3n) is 5.32. The molecule has 1 aliphatic heterocycles. The highest BCUT2D eigenvalue weighted by atomic mass is 35.5. The minimum absolute atomic E-state index is 0.00325. The number of nitrogens with one attached hydrogen (secondary N) is 1. The summed E-state index contributed by atoms with van der Waals surface area (Å²) in [5.41, 5.74) is 4.01. The van der Waals surface area contributed by atoms with E-state index in [0.29, 0.717) is 11.7 Å². The maximum absolute atomic E-state index is 12.7. The van der Waals surface area contributed by atoms with Crippen LogP contribution in [0.5, 0.6) is 0 Å². The topological polar surface area (TPSA) is 58.1 Å². The summed E-state index contributed by atoms with van der Waals surface area (Å²) < 4.78 is 0. The largest absolute Gasteiger partial charge is 0.354 e. The quantitative estimate of drug-likeness (QED) is 0.859. The van der Waals surface area contributed by atoms with Gasteiger partial charge in [-0.2, -0.15) is 0 Å². The number of aryl methyl sites for hydroxylation is 2. The summed E-state index contributed by atoms with van der Waals surface area (Å²) in [5.74, 6) is 0.843. The number of anilines is 1. The van der Waals surface area contributed by atoms with Crippen molar-refractivity contribution in [3.8, 4) is 0 Å². The zero-order valence-corrected chi connectivity index (χ0v) is 15.2. The summed E-state index contributed by atoms with van der Waals surface area (Å²) in [6, 6.07) is 6.03. The fraction of sp³-hybridized carbons (Fsp3) is 0.421. The molecule has 5 nitrogen and oxygen atoms in total. The first kappa shape index (κ1) is 16.3. The van der Waals surface area contributed by atoms with Crippen molar-refractivity contribution in [3.63, 3.8) is 0 Å². The predicted molar refractivity (Wildman–Crippen MR) is 98.3 cm³/mol. The van der Waals surface area contributed by atoms with Gasteiger partial charge in [0.05, 0.1) is 5.54 Å². The van der Waals surface area contributed by atoms with Gasteiger partial charge in [0.25, 0.3) is 5.91 Å². The van der Waals surface area contributed by atoms with Gasteiger partial charge in [-0.05, 0) is 56.4 Å². The fourth-order valence-corrected chi connectivity index (χ4v) is 3.79. The van der Waals surface area contributed by atoms with Crippen molar-refractivity contribution in [2.24, 2.45) is 0 Å². The van der Waals surface area contributed by atoms with Crippen LogP contribution in [0.15, 0.2) is 24.5 Å². The fourth-order valence-electron chi connectivity index (χ4n) is 3.67. The summed E-state index contributed by atoms with van der Waals surface area (Å²) in [4.78, 5) is 23.2. The third-order valence-corrected chi connectivity index (χ3v) is 5.70. The molecule has 6 heteroatoms. The lowest BCUT2D eigenvalue weighted by atomic mass is 9.87. The van der Waals surface area contributed by atoms with E-state index in [1.807, 2.05) is 19.1 Å². The molecule has 2 aromatic rings. The van der Waals surface area contributed by atoms with Crippen LogP contribution in [0.2, 0.25) is 5.15 Å². The van der Waals surface area contributed by atoms with E-state index in [-0.39, 0.29) is 11.4 Å². The average Bonchev–Trinajstić information content (AvgIpc) is 2.93. The number of carbonyl (C=O) groups excluding carboxylic acids is 1. The summed E-state index contributed by atoms with van der Waals surface area (Å²) in [5, 5.41) is 3.70. The van der Waals surface area contributed by atoms with Gasteiger partial charge in [-0.3, -0.25) is 4.79 Å². The van der Waals surface area contributed by atoms with Gasteiger partial charge in [0, 0.05) is 24.2 Å². The van der Waals surface area contributed by atoms with Crippen LogP contribution in [-0.2, 0) is 12.8 Å². The van der Waals surface area contributed by atoms with Crippen LogP contribution in [-0.4, -0.2) is 34.5 Å². The van der Waals surface area contributed by atoms with Gasteiger partial charge >= 0.3 is 0 Å². The molecule has 1 amide bonds. The Balaban J connectivity index is 1.48. The van der Waals surface area contributed by atoms with Crippen molar-refractivity contribution < 1.29 is 4.79 Å². The molecule has 25 heavy (non-hydrogen) atoms. The minimum Gasteiger partial charge on any atom is -0.354 e. The lowest BCUT2D eigenvalue weighted by molar-refractivity contribution is 0.0913. The second-order valence-electron chi connectivity index (χ2n) is 7.28. The Bertz CT molecular complexity index is 853. The summed E-state index contributed by atoms with van der Waals surface area (Å²) in [6.07, 6.45) is 4.56. The second-order valence-corrected chi connectivity index (χ2v) is 7.64. The molecule has 0 bridgehead atoms. The highest BCUT2D eigenvalue weighted by molar-refractivity contribution is 6.30. The maximum Gasteiger partial charge on any atom is 0.251 e. The number of hydrogen-bond acceptors (Lipinski definition) is 4. The summed E-state index contributed by atoms with van der Waals surface area (Å²) in [6.45, 7) is 5.55. The van der Waals surface area contributed by atoms with Crippen LogP contribution in [0.3, 0.4) is 0 Å². The van der Waals surface area contributed by atoms with Crippen LogP contribution in [0.25, 0.3) is 0 Å². The van der Waals surface area contributed by atoms with Crippen LogP contribution >= 0.6 is 11.6 Å². The smallest absolute Gasteiger partial charge is 0.251 e.